The smallest absolute Gasteiger partial charge is 0.158 e. The average molecular weight is 565 g/mol. The predicted octanol–water partition coefficient (Wildman–Crippen LogP) is 13.5. The minimum Gasteiger partial charge on any atom is -0.370 e. The normalized spacial score (nSPS) is 12.3. The minimum atomic E-state index is -0.154. The summed E-state index contributed by atoms with van der Waals surface area (Å²) in [6.07, 6.45) is 43.7. The van der Waals surface area contributed by atoms with Gasteiger partial charge in [0.15, 0.2) is 5.78 Å². The molecule has 240 valence electrons. The van der Waals surface area contributed by atoms with Crippen LogP contribution in [0.4, 0.5) is 0 Å². The van der Waals surface area contributed by atoms with Crippen LogP contribution in [0.2, 0.25) is 0 Å². The number of Topliss-reactive ketones (excluding diaryl/α,β-unsaturated/α-hetero) is 1. The van der Waals surface area contributed by atoms with Crippen LogP contribution in [0.25, 0.3) is 0 Å². The van der Waals surface area contributed by atoms with Gasteiger partial charge in [-0.15, -0.1) is 0 Å². The van der Waals surface area contributed by atoms with Gasteiger partial charge in [0.25, 0.3) is 0 Å². The van der Waals surface area contributed by atoms with Crippen molar-refractivity contribution >= 4 is 5.78 Å². The van der Waals surface area contributed by atoms with Crippen molar-refractivity contribution in [3.63, 3.8) is 0 Å². The lowest BCUT2D eigenvalue weighted by molar-refractivity contribution is -0.128. The molecule has 0 amide bonds. The van der Waals surface area contributed by atoms with E-state index in [1.165, 1.54) is 186 Å². The van der Waals surface area contributed by atoms with Crippen LogP contribution in [0.1, 0.15) is 226 Å². The number of hydrogen-bond donors (Lipinski definition) is 0. The molecule has 40 heavy (non-hydrogen) atoms. The molecule has 0 fully saturated rings. The Hall–Kier alpha value is -0.370. The van der Waals surface area contributed by atoms with Gasteiger partial charge in [-0.3, -0.25) is 4.79 Å². The zero-order valence-electron chi connectivity index (χ0n) is 28.2. The molecule has 0 rings (SSSR count). The van der Waals surface area contributed by atoms with Crippen LogP contribution in [0.15, 0.2) is 0 Å². The Labute approximate surface area is 254 Å². The van der Waals surface area contributed by atoms with Gasteiger partial charge < -0.3 is 4.74 Å². The molecule has 0 bridgehead atoms. The molecule has 0 saturated heterocycles. The maximum Gasteiger partial charge on any atom is 0.158 e. The van der Waals surface area contributed by atoms with E-state index in [1.54, 1.807) is 6.92 Å². The first-order chi connectivity index (χ1) is 19.7. The third-order valence-corrected chi connectivity index (χ3v) is 8.84. The maximum atomic E-state index is 12.0. The number of ketones is 1. The molecule has 0 spiro atoms. The highest BCUT2D eigenvalue weighted by Crippen LogP contribution is 2.16. The van der Waals surface area contributed by atoms with E-state index in [1.807, 2.05) is 0 Å². The summed E-state index contributed by atoms with van der Waals surface area (Å²) in [4.78, 5) is 12.0. The SMILES string of the molecule is CCCCCCCCCCCCCCCCCCOC(CCCCCCCCCCCCCCCCC)C(C)=O. The van der Waals surface area contributed by atoms with Crippen molar-refractivity contribution in [3.05, 3.63) is 0 Å². The number of ether oxygens (including phenoxy) is 1. The summed E-state index contributed by atoms with van der Waals surface area (Å²) in [6.45, 7) is 7.06. The number of hydrogen-bond acceptors (Lipinski definition) is 2. The molecule has 2 nitrogen and oxygen atoms in total. The minimum absolute atomic E-state index is 0.154. The van der Waals surface area contributed by atoms with Crippen molar-refractivity contribution in [3.8, 4) is 0 Å². The lowest BCUT2D eigenvalue weighted by Gasteiger charge is -2.15. The molecule has 0 N–H and O–H groups in total. The van der Waals surface area contributed by atoms with Crippen LogP contribution in [0, 0.1) is 0 Å². The molecule has 0 aromatic rings. The maximum absolute atomic E-state index is 12.0. The lowest BCUT2D eigenvalue weighted by Crippen LogP contribution is -2.22. The van der Waals surface area contributed by atoms with E-state index in [4.69, 9.17) is 4.74 Å². The van der Waals surface area contributed by atoms with Crippen LogP contribution in [-0.2, 0) is 9.53 Å². The van der Waals surface area contributed by atoms with Gasteiger partial charge in [-0.25, -0.2) is 0 Å². The average Bonchev–Trinajstić information content (AvgIpc) is 2.95. The summed E-state index contributed by atoms with van der Waals surface area (Å²) >= 11 is 0. The lowest BCUT2D eigenvalue weighted by atomic mass is 10.0. The number of rotatable bonds is 35. The molecule has 0 aliphatic rings. The highest BCUT2D eigenvalue weighted by molar-refractivity contribution is 5.80. The fourth-order valence-corrected chi connectivity index (χ4v) is 5.98. The first-order valence-electron chi connectivity index (χ1n) is 18.8. The summed E-state index contributed by atoms with van der Waals surface area (Å²) in [7, 11) is 0. The Morgan fingerprint density at radius 2 is 0.650 bits per heavy atom. The monoisotopic (exact) mass is 565 g/mol. The molecule has 0 aliphatic heterocycles. The van der Waals surface area contributed by atoms with E-state index in [0.29, 0.717) is 0 Å². The molecule has 2 heteroatoms. The summed E-state index contributed by atoms with van der Waals surface area (Å²) < 4.78 is 5.99. The largest absolute Gasteiger partial charge is 0.370 e. The molecular weight excluding hydrogens is 488 g/mol. The molecule has 0 saturated carbocycles. The Kier molecular flexibility index (Phi) is 34.5. The van der Waals surface area contributed by atoms with E-state index < -0.39 is 0 Å². The molecule has 0 aromatic heterocycles. The Bertz CT molecular complexity index is 474. The van der Waals surface area contributed by atoms with Crippen molar-refractivity contribution in [2.75, 3.05) is 6.61 Å². The van der Waals surface area contributed by atoms with Crippen molar-refractivity contribution in [2.24, 2.45) is 0 Å². The molecule has 0 aliphatic carbocycles. The van der Waals surface area contributed by atoms with E-state index in [0.717, 1.165) is 25.9 Å². The first kappa shape index (κ1) is 39.6. The van der Waals surface area contributed by atoms with Gasteiger partial charge in [-0.2, -0.15) is 0 Å². The number of unbranched alkanes of at least 4 members (excludes halogenated alkanes) is 29. The van der Waals surface area contributed by atoms with Gasteiger partial charge in [0.1, 0.15) is 6.10 Å². The van der Waals surface area contributed by atoms with E-state index in [-0.39, 0.29) is 11.9 Å². The highest BCUT2D eigenvalue weighted by Gasteiger charge is 2.13. The third kappa shape index (κ3) is 32.1. The van der Waals surface area contributed by atoms with Gasteiger partial charge in [-0.1, -0.05) is 206 Å². The molecule has 1 atom stereocenters. The fourth-order valence-electron chi connectivity index (χ4n) is 5.98. The molecular formula is C38H76O2. The van der Waals surface area contributed by atoms with Gasteiger partial charge in [-0.05, 0) is 19.8 Å². The summed E-state index contributed by atoms with van der Waals surface area (Å²) in [6, 6.07) is 0. The second-order valence-electron chi connectivity index (χ2n) is 13.0. The Morgan fingerprint density at radius 3 is 0.925 bits per heavy atom. The summed E-state index contributed by atoms with van der Waals surface area (Å²) in [5, 5.41) is 0. The van der Waals surface area contributed by atoms with Gasteiger partial charge in [0, 0.05) is 6.61 Å². The predicted molar refractivity (Wildman–Crippen MR) is 180 cm³/mol. The van der Waals surface area contributed by atoms with Crippen molar-refractivity contribution in [2.45, 2.75) is 232 Å². The summed E-state index contributed by atoms with van der Waals surface area (Å²) in [5.74, 6) is 0.224. The van der Waals surface area contributed by atoms with Gasteiger partial charge >= 0.3 is 0 Å². The zero-order chi connectivity index (χ0) is 29.2. The third-order valence-electron chi connectivity index (χ3n) is 8.84. The zero-order valence-corrected chi connectivity index (χ0v) is 28.2. The molecule has 0 radical (unpaired) electrons. The summed E-state index contributed by atoms with van der Waals surface area (Å²) in [5.41, 5.74) is 0. The Morgan fingerprint density at radius 1 is 0.400 bits per heavy atom. The van der Waals surface area contributed by atoms with Crippen LogP contribution < -0.4 is 0 Å². The van der Waals surface area contributed by atoms with E-state index in [2.05, 4.69) is 13.8 Å². The topological polar surface area (TPSA) is 26.3 Å². The molecule has 0 heterocycles. The fraction of sp³-hybridized carbons (Fsp3) is 0.974. The second-order valence-corrected chi connectivity index (χ2v) is 13.0. The number of carbonyl (C=O) groups is 1. The Balaban J connectivity index is 3.37. The van der Waals surface area contributed by atoms with Crippen molar-refractivity contribution in [1.82, 2.24) is 0 Å². The molecule has 1 unspecified atom stereocenters. The van der Waals surface area contributed by atoms with Crippen LogP contribution in [0.3, 0.4) is 0 Å². The first-order valence-corrected chi connectivity index (χ1v) is 18.8. The number of carbonyl (C=O) groups excluding carboxylic acids is 1. The van der Waals surface area contributed by atoms with Crippen molar-refractivity contribution in [1.29, 1.82) is 0 Å². The standard InChI is InChI=1S/C38H76O2/c1-4-6-8-10-12-14-16-18-20-22-24-26-28-30-32-34-36-40-38(37(3)39)35-33-31-29-27-25-23-21-19-17-15-13-11-9-7-5-2/h38H,4-36H2,1-3H3. The van der Waals surface area contributed by atoms with Gasteiger partial charge in [0.05, 0.1) is 0 Å². The van der Waals surface area contributed by atoms with Crippen LogP contribution in [0.5, 0.6) is 0 Å². The highest BCUT2D eigenvalue weighted by atomic mass is 16.5. The second kappa shape index (κ2) is 34.8. The van der Waals surface area contributed by atoms with Crippen LogP contribution >= 0.6 is 0 Å². The molecule has 0 aromatic carbocycles. The van der Waals surface area contributed by atoms with Gasteiger partial charge in [0.2, 0.25) is 0 Å². The van der Waals surface area contributed by atoms with E-state index >= 15 is 0 Å². The van der Waals surface area contributed by atoms with Crippen LogP contribution in [-0.4, -0.2) is 18.5 Å². The quantitative estimate of drug-likeness (QED) is 0.0715. The van der Waals surface area contributed by atoms with E-state index in [9.17, 15) is 4.79 Å². The van der Waals surface area contributed by atoms with Crippen molar-refractivity contribution < 1.29 is 9.53 Å².